The van der Waals surface area contributed by atoms with E-state index in [1.54, 1.807) is 0 Å². The average molecular weight is 295 g/mol. The monoisotopic (exact) mass is 295 g/mol. The lowest BCUT2D eigenvalue weighted by atomic mass is 10.3. The Labute approximate surface area is 123 Å². The van der Waals surface area contributed by atoms with Crippen molar-refractivity contribution < 1.29 is 14.7 Å². The second kappa shape index (κ2) is 6.55. The number of carbonyl (C=O) groups is 2. The van der Waals surface area contributed by atoms with E-state index in [0.29, 0.717) is 11.6 Å². The summed E-state index contributed by atoms with van der Waals surface area (Å²) < 4.78 is 1.23. The van der Waals surface area contributed by atoms with E-state index in [0.717, 1.165) is 6.54 Å². The smallest absolute Gasteiger partial charge is 0.325 e. The highest BCUT2D eigenvalue weighted by atomic mass is 16.4. The second-order valence-electron chi connectivity index (χ2n) is 5.65. The van der Waals surface area contributed by atoms with Gasteiger partial charge >= 0.3 is 12.0 Å². The van der Waals surface area contributed by atoms with Crippen molar-refractivity contribution in [2.45, 2.75) is 45.8 Å². The normalized spacial score (nSPS) is 14.2. The van der Waals surface area contributed by atoms with Gasteiger partial charge < -0.3 is 15.3 Å². The van der Waals surface area contributed by atoms with Gasteiger partial charge in [-0.15, -0.1) is 5.10 Å². The Morgan fingerprint density at radius 3 is 2.81 bits per heavy atom. The molecule has 1 aromatic heterocycles. The van der Waals surface area contributed by atoms with Crippen LogP contribution in [0.25, 0.3) is 0 Å². The van der Waals surface area contributed by atoms with Crippen LogP contribution in [0, 0.1) is 5.92 Å². The first-order valence-corrected chi connectivity index (χ1v) is 7.11. The lowest BCUT2D eigenvalue weighted by Gasteiger charge is -2.26. The van der Waals surface area contributed by atoms with Crippen molar-refractivity contribution in [3.8, 4) is 0 Å². The van der Waals surface area contributed by atoms with Crippen molar-refractivity contribution in [3.05, 3.63) is 11.9 Å². The Hall–Kier alpha value is -2.12. The highest BCUT2D eigenvalue weighted by molar-refractivity contribution is 5.74. The van der Waals surface area contributed by atoms with Crippen LogP contribution in [0.1, 0.15) is 32.4 Å². The number of amides is 2. The fourth-order valence-electron chi connectivity index (χ4n) is 2.01. The fraction of sp³-hybridized carbons (Fsp3) is 0.692. The third kappa shape index (κ3) is 4.73. The Balaban J connectivity index is 1.84. The van der Waals surface area contributed by atoms with E-state index in [4.69, 9.17) is 5.11 Å². The van der Waals surface area contributed by atoms with E-state index in [9.17, 15) is 9.59 Å². The fourth-order valence-corrected chi connectivity index (χ4v) is 2.01. The van der Waals surface area contributed by atoms with Crippen molar-refractivity contribution in [3.63, 3.8) is 0 Å². The van der Waals surface area contributed by atoms with Gasteiger partial charge in [0.25, 0.3) is 0 Å². The molecule has 0 aromatic carbocycles. The number of urea groups is 1. The van der Waals surface area contributed by atoms with Crippen LogP contribution < -0.4 is 5.32 Å². The number of aliphatic carboxylic acids is 1. The Morgan fingerprint density at radius 2 is 2.24 bits per heavy atom. The van der Waals surface area contributed by atoms with E-state index in [1.165, 1.54) is 23.7 Å². The largest absolute Gasteiger partial charge is 0.480 e. The van der Waals surface area contributed by atoms with Crippen molar-refractivity contribution in [2.24, 2.45) is 5.92 Å². The van der Waals surface area contributed by atoms with Crippen LogP contribution in [0.15, 0.2) is 6.20 Å². The summed E-state index contributed by atoms with van der Waals surface area (Å²) in [5.41, 5.74) is 0.541. The maximum absolute atomic E-state index is 12.2. The highest BCUT2D eigenvalue weighted by Gasteiger charge is 2.28. The molecule has 0 bridgehead atoms. The molecule has 0 saturated heterocycles. The number of carboxylic acid groups (broad SMARTS) is 1. The molecule has 0 aliphatic heterocycles. The molecule has 116 valence electrons. The molecule has 1 fully saturated rings. The van der Waals surface area contributed by atoms with Crippen LogP contribution in [0.3, 0.4) is 0 Å². The molecule has 0 radical (unpaired) electrons. The summed E-state index contributed by atoms with van der Waals surface area (Å²) in [7, 11) is 0. The molecule has 2 N–H and O–H groups in total. The number of carbonyl (C=O) groups excluding carboxylic acids is 1. The molecule has 2 rings (SSSR count). The first kappa shape index (κ1) is 15.3. The molecule has 1 aliphatic rings. The van der Waals surface area contributed by atoms with E-state index >= 15 is 0 Å². The molecule has 21 heavy (non-hydrogen) atoms. The van der Waals surface area contributed by atoms with Crippen LogP contribution in [0.2, 0.25) is 0 Å². The Bertz CT molecular complexity index is 510. The van der Waals surface area contributed by atoms with Crippen molar-refractivity contribution in [1.82, 2.24) is 25.2 Å². The van der Waals surface area contributed by atoms with Crippen molar-refractivity contribution >= 4 is 12.0 Å². The lowest BCUT2D eigenvalue weighted by molar-refractivity contribution is -0.137. The summed E-state index contributed by atoms with van der Waals surface area (Å²) in [4.78, 5) is 24.5. The van der Waals surface area contributed by atoms with Gasteiger partial charge in [0.1, 0.15) is 12.2 Å². The van der Waals surface area contributed by atoms with Crippen LogP contribution in [0.5, 0.6) is 0 Å². The van der Waals surface area contributed by atoms with Gasteiger partial charge in [-0.25, -0.2) is 9.48 Å². The number of hydrogen-bond acceptors (Lipinski definition) is 4. The van der Waals surface area contributed by atoms with Gasteiger partial charge in [0, 0.05) is 12.6 Å². The average Bonchev–Trinajstić information content (AvgIpc) is 3.12. The topological polar surface area (TPSA) is 100 Å². The van der Waals surface area contributed by atoms with Gasteiger partial charge in [-0.2, -0.15) is 0 Å². The predicted molar refractivity (Wildman–Crippen MR) is 74.5 cm³/mol. The maximum atomic E-state index is 12.2. The van der Waals surface area contributed by atoms with Gasteiger partial charge in [-0.1, -0.05) is 5.21 Å². The number of rotatable bonds is 7. The second-order valence-corrected chi connectivity index (χ2v) is 5.65. The molecular weight excluding hydrogens is 274 g/mol. The summed E-state index contributed by atoms with van der Waals surface area (Å²) in [5, 5.41) is 19.0. The number of nitrogens with one attached hydrogen (secondary N) is 1. The number of nitrogens with zero attached hydrogens (tertiary/aromatic N) is 4. The standard InChI is InChI=1S/C13H21N5O3/c1-9(2)18(6-10-3-4-10)13(21)14-5-11-7-17(16-15-11)8-12(19)20/h7,9-10H,3-6,8H2,1-2H3,(H,14,21)(H,19,20). The molecule has 8 heteroatoms. The lowest BCUT2D eigenvalue weighted by Crippen LogP contribution is -2.44. The van der Waals surface area contributed by atoms with Gasteiger partial charge in [0.15, 0.2) is 0 Å². The van der Waals surface area contributed by atoms with Crippen LogP contribution >= 0.6 is 0 Å². The van der Waals surface area contributed by atoms with E-state index < -0.39 is 5.97 Å². The molecule has 1 aliphatic carbocycles. The van der Waals surface area contributed by atoms with Crippen LogP contribution in [-0.4, -0.2) is 49.6 Å². The van der Waals surface area contributed by atoms with E-state index in [-0.39, 0.29) is 25.2 Å². The summed E-state index contributed by atoms with van der Waals surface area (Å²) in [6.45, 7) is 4.78. The van der Waals surface area contributed by atoms with Gasteiger partial charge in [-0.05, 0) is 32.6 Å². The summed E-state index contributed by atoms with van der Waals surface area (Å²) in [6.07, 6.45) is 3.91. The molecule has 1 saturated carbocycles. The molecule has 0 unspecified atom stereocenters. The SMILES string of the molecule is CC(C)N(CC1CC1)C(=O)NCc1cn(CC(=O)O)nn1. The quantitative estimate of drug-likeness (QED) is 0.771. The predicted octanol–water partition coefficient (Wildman–Crippen LogP) is 0.693. The molecule has 8 nitrogen and oxygen atoms in total. The van der Waals surface area contributed by atoms with Gasteiger partial charge in [0.05, 0.1) is 12.7 Å². The van der Waals surface area contributed by atoms with Crippen LogP contribution in [0.4, 0.5) is 4.79 Å². The number of aromatic nitrogens is 3. The Kier molecular flexibility index (Phi) is 4.77. The third-order valence-electron chi connectivity index (χ3n) is 3.34. The van der Waals surface area contributed by atoms with E-state index in [2.05, 4.69) is 15.6 Å². The first-order chi connectivity index (χ1) is 9.95. The van der Waals surface area contributed by atoms with Gasteiger partial charge in [0.2, 0.25) is 0 Å². The Morgan fingerprint density at radius 1 is 1.52 bits per heavy atom. The van der Waals surface area contributed by atoms with E-state index in [1.807, 2.05) is 18.7 Å². The summed E-state index contributed by atoms with van der Waals surface area (Å²) in [5.74, 6) is -0.347. The first-order valence-electron chi connectivity index (χ1n) is 7.11. The molecule has 1 heterocycles. The summed E-state index contributed by atoms with van der Waals surface area (Å²) in [6, 6.07) is 0.0259. The van der Waals surface area contributed by atoms with Crippen molar-refractivity contribution in [1.29, 1.82) is 0 Å². The minimum Gasteiger partial charge on any atom is -0.480 e. The zero-order chi connectivity index (χ0) is 15.4. The maximum Gasteiger partial charge on any atom is 0.325 e. The molecule has 2 amide bonds. The summed E-state index contributed by atoms with van der Waals surface area (Å²) >= 11 is 0. The molecular formula is C13H21N5O3. The minimum atomic E-state index is -0.981. The number of carboxylic acids is 1. The number of hydrogen-bond donors (Lipinski definition) is 2. The molecule has 0 spiro atoms. The minimum absolute atomic E-state index is 0.121. The zero-order valence-electron chi connectivity index (χ0n) is 12.3. The van der Waals surface area contributed by atoms with Crippen molar-refractivity contribution in [2.75, 3.05) is 6.54 Å². The third-order valence-corrected chi connectivity index (χ3v) is 3.34. The zero-order valence-corrected chi connectivity index (χ0v) is 12.3. The highest BCUT2D eigenvalue weighted by Crippen LogP contribution is 2.30. The van der Waals surface area contributed by atoms with Gasteiger partial charge in [-0.3, -0.25) is 4.79 Å². The van der Waals surface area contributed by atoms with Crippen LogP contribution in [-0.2, 0) is 17.9 Å². The molecule has 1 aromatic rings. The molecule has 0 atom stereocenters.